The molecule has 0 radical (unpaired) electrons. The van der Waals surface area contributed by atoms with Crippen LogP contribution in [0, 0.1) is 10.8 Å². The Morgan fingerprint density at radius 3 is 2.32 bits per heavy atom. The molecule has 2 N–H and O–H groups in total. The van der Waals surface area contributed by atoms with Gasteiger partial charge in [-0.05, 0) is 28.5 Å². The molecule has 0 bridgehead atoms. The highest BCUT2D eigenvalue weighted by molar-refractivity contribution is 5.81. The van der Waals surface area contributed by atoms with Crippen molar-refractivity contribution in [3.63, 3.8) is 0 Å². The largest absolute Gasteiger partial charge is 0.338 e. The Hall–Kier alpha value is -1.35. The molecule has 1 aliphatic rings. The third-order valence-corrected chi connectivity index (χ3v) is 4.46. The molecule has 2 rings (SSSR count). The van der Waals surface area contributed by atoms with Gasteiger partial charge in [-0.25, -0.2) is 0 Å². The fraction of sp³-hybridized carbons (Fsp3) is 0.632. The quantitative estimate of drug-likeness (QED) is 0.860. The fourth-order valence-electron chi connectivity index (χ4n) is 2.92. The molecule has 122 valence electrons. The third-order valence-electron chi connectivity index (χ3n) is 4.46. The lowest BCUT2D eigenvalue weighted by Crippen LogP contribution is -2.42. The predicted octanol–water partition coefficient (Wildman–Crippen LogP) is 3.66. The van der Waals surface area contributed by atoms with E-state index in [1.54, 1.807) is 0 Å². The third kappa shape index (κ3) is 3.52. The molecule has 3 nitrogen and oxygen atoms in total. The van der Waals surface area contributed by atoms with Crippen molar-refractivity contribution in [1.82, 2.24) is 4.90 Å². The van der Waals surface area contributed by atoms with E-state index in [-0.39, 0.29) is 22.8 Å². The van der Waals surface area contributed by atoms with Gasteiger partial charge in [0.15, 0.2) is 0 Å². The minimum atomic E-state index is -0.322. The van der Waals surface area contributed by atoms with Crippen LogP contribution >= 0.6 is 0 Å². The molecule has 1 amide bonds. The van der Waals surface area contributed by atoms with Crippen molar-refractivity contribution in [2.24, 2.45) is 16.6 Å². The van der Waals surface area contributed by atoms with Crippen LogP contribution in [0.2, 0.25) is 0 Å². The summed E-state index contributed by atoms with van der Waals surface area (Å²) in [5.74, 6) is 0.226. The maximum absolute atomic E-state index is 12.5. The second-order valence-corrected chi connectivity index (χ2v) is 8.60. The lowest BCUT2D eigenvalue weighted by molar-refractivity contribution is -0.140. The topological polar surface area (TPSA) is 46.3 Å². The van der Waals surface area contributed by atoms with E-state index < -0.39 is 0 Å². The summed E-state index contributed by atoms with van der Waals surface area (Å²) < 4.78 is 0. The molecule has 1 atom stereocenters. The second-order valence-electron chi connectivity index (χ2n) is 8.60. The van der Waals surface area contributed by atoms with Crippen molar-refractivity contribution in [2.75, 3.05) is 6.54 Å². The summed E-state index contributed by atoms with van der Waals surface area (Å²) in [6, 6.07) is 6.55. The van der Waals surface area contributed by atoms with E-state index in [0.717, 1.165) is 18.5 Å². The van der Waals surface area contributed by atoms with Crippen LogP contribution in [0.3, 0.4) is 0 Å². The van der Waals surface area contributed by atoms with Gasteiger partial charge in [0.05, 0.1) is 0 Å². The molecule has 1 aromatic carbocycles. The molecule has 0 saturated carbocycles. The molecule has 0 saturated heterocycles. The van der Waals surface area contributed by atoms with Gasteiger partial charge in [0.2, 0.25) is 5.91 Å². The second kappa shape index (κ2) is 5.69. The SMILES string of the molecule is CC(C)(C)C(=O)N1CCc2ccc(C(N)C(C)(C)C)cc2C1. The molecule has 22 heavy (non-hydrogen) atoms. The monoisotopic (exact) mass is 302 g/mol. The van der Waals surface area contributed by atoms with Gasteiger partial charge in [-0.2, -0.15) is 0 Å². The summed E-state index contributed by atoms with van der Waals surface area (Å²) in [5.41, 5.74) is 9.86. The average molecular weight is 302 g/mol. The number of hydrogen-bond donors (Lipinski definition) is 1. The highest BCUT2D eigenvalue weighted by Gasteiger charge is 2.30. The smallest absolute Gasteiger partial charge is 0.228 e. The summed E-state index contributed by atoms with van der Waals surface area (Å²) in [6.45, 7) is 13.9. The van der Waals surface area contributed by atoms with Gasteiger partial charge in [-0.15, -0.1) is 0 Å². The zero-order chi connectivity index (χ0) is 16.7. The summed E-state index contributed by atoms with van der Waals surface area (Å²) in [5, 5.41) is 0. The van der Waals surface area contributed by atoms with Crippen molar-refractivity contribution in [1.29, 1.82) is 0 Å². The van der Waals surface area contributed by atoms with Crippen LogP contribution in [0.4, 0.5) is 0 Å². The standard InChI is InChI=1S/C19H30N2O/c1-18(2,3)16(20)14-8-7-13-9-10-21(12-15(13)11-14)17(22)19(4,5)6/h7-8,11,16H,9-10,12,20H2,1-6H3. The van der Waals surface area contributed by atoms with E-state index >= 15 is 0 Å². The van der Waals surface area contributed by atoms with Crippen LogP contribution in [0.1, 0.15) is 64.3 Å². The molecule has 0 fully saturated rings. The van der Waals surface area contributed by atoms with Crippen LogP contribution in [0.15, 0.2) is 18.2 Å². The van der Waals surface area contributed by atoms with Gasteiger partial charge in [0, 0.05) is 24.5 Å². The molecular weight excluding hydrogens is 272 g/mol. The van der Waals surface area contributed by atoms with E-state index in [2.05, 4.69) is 39.0 Å². The Kier molecular flexibility index (Phi) is 4.40. The van der Waals surface area contributed by atoms with E-state index in [0.29, 0.717) is 6.54 Å². The van der Waals surface area contributed by atoms with E-state index in [9.17, 15) is 4.79 Å². The number of hydrogen-bond acceptors (Lipinski definition) is 2. The van der Waals surface area contributed by atoms with Crippen LogP contribution < -0.4 is 5.73 Å². The Morgan fingerprint density at radius 1 is 1.14 bits per heavy atom. The lowest BCUT2D eigenvalue weighted by atomic mass is 9.81. The van der Waals surface area contributed by atoms with Gasteiger partial charge >= 0.3 is 0 Å². The summed E-state index contributed by atoms with van der Waals surface area (Å²) >= 11 is 0. The van der Waals surface area contributed by atoms with Gasteiger partial charge in [0.1, 0.15) is 0 Å². The summed E-state index contributed by atoms with van der Waals surface area (Å²) in [7, 11) is 0. The summed E-state index contributed by atoms with van der Waals surface area (Å²) in [6.07, 6.45) is 0.933. The highest BCUT2D eigenvalue weighted by Crippen LogP contribution is 2.33. The predicted molar refractivity (Wildman–Crippen MR) is 91.4 cm³/mol. The number of carbonyl (C=O) groups is 1. The zero-order valence-electron chi connectivity index (χ0n) is 14.9. The molecule has 1 unspecified atom stereocenters. The molecule has 0 spiro atoms. The van der Waals surface area contributed by atoms with Gasteiger partial charge in [0.25, 0.3) is 0 Å². The first-order valence-corrected chi connectivity index (χ1v) is 8.17. The first-order chi connectivity index (χ1) is 10.00. The molecule has 0 aliphatic carbocycles. The number of nitrogens with zero attached hydrogens (tertiary/aromatic N) is 1. The van der Waals surface area contributed by atoms with Crippen molar-refractivity contribution in [2.45, 2.75) is 60.5 Å². The minimum Gasteiger partial charge on any atom is -0.338 e. The van der Waals surface area contributed by atoms with Crippen LogP contribution in [-0.2, 0) is 17.8 Å². The molecule has 1 aliphatic heterocycles. The van der Waals surface area contributed by atoms with E-state index in [1.807, 2.05) is 25.7 Å². The van der Waals surface area contributed by atoms with E-state index in [1.165, 1.54) is 11.1 Å². The van der Waals surface area contributed by atoms with Crippen LogP contribution in [0.25, 0.3) is 0 Å². The molecule has 1 aromatic rings. The molecule has 0 aromatic heterocycles. The zero-order valence-corrected chi connectivity index (χ0v) is 14.9. The number of benzene rings is 1. The van der Waals surface area contributed by atoms with Gasteiger partial charge in [-0.1, -0.05) is 59.7 Å². The Labute approximate surface area is 134 Å². The number of nitrogens with two attached hydrogens (primary N) is 1. The first-order valence-electron chi connectivity index (χ1n) is 8.17. The number of fused-ring (bicyclic) bond motifs is 1. The van der Waals surface area contributed by atoms with Crippen molar-refractivity contribution < 1.29 is 4.79 Å². The Balaban J connectivity index is 2.26. The number of carbonyl (C=O) groups excluding carboxylic acids is 1. The molecular formula is C19H30N2O. The normalized spacial score (nSPS) is 17.1. The Bertz CT molecular complexity index is 564. The average Bonchev–Trinajstić information content (AvgIpc) is 2.42. The molecule has 3 heteroatoms. The maximum Gasteiger partial charge on any atom is 0.228 e. The summed E-state index contributed by atoms with van der Waals surface area (Å²) in [4.78, 5) is 14.5. The van der Waals surface area contributed by atoms with E-state index in [4.69, 9.17) is 5.73 Å². The lowest BCUT2D eigenvalue weighted by Gasteiger charge is -2.34. The number of rotatable bonds is 1. The Morgan fingerprint density at radius 2 is 1.77 bits per heavy atom. The van der Waals surface area contributed by atoms with Crippen molar-refractivity contribution >= 4 is 5.91 Å². The van der Waals surface area contributed by atoms with Crippen molar-refractivity contribution in [3.8, 4) is 0 Å². The maximum atomic E-state index is 12.5. The van der Waals surface area contributed by atoms with Crippen LogP contribution in [-0.4, -0.2) is 17.4 Å². The van der Waals surface area contributed by atoms with Gasteiger partial charge < -0.3 is 10.6 Å². The van der Waals surface area contributed by atoms with Crippen LogP contribution in [0.5, 0.6) is 0 Å². The molecule has 1 heterocycles. The van der Waals surface area contributed by atoms with Gasteiger partial charge in [-0.3, -0.25) is 4.79 Å². The van der Waals surface area contributed by atoms with Crippen molar-refractivity contribution in [3.05, 3.63) is 34.9 Å². The first kappa shape index (κ1) is 17.0. The number of amides is 1. The fourth-order valence-corrected chi connectivity index (χ4v) is 2.92. The highest BCUT2D eigenvalue weighted by atomic mass is 16.2. The minimum absolute atomic E-state index is 0.00601.